The molecular formula is C30H36N4O6S2. The highest BCUT2D eigenvalue weighted by atomic mass is 32.2. The van der Waals surface area contributed by atoms with Gasteiger partial charge in [-0.1, -0.05) is 37.3 Å². The molecule has 0 saturated heterocycles. The van der Waals surface area contributed by atoms with Crippen LogP contribution in [-0.4, -0.2) is 61.3 Å². The summed E-state index contributed by atoms with van der Waals surface area (Å²) in [6.07, 6.45) is -0.265. The van der Waals surface area contributed by atoms with Gasteiger partial charge in [-0.2, -0.15) is 4.31 Å². The zero-order valence-corrected chi connectivity index (χ0v) is 25.8. The van der Waals surface area contributed by atoms with Crippen molar-refractivity contribution in [1.82, 2.24) is 14.5 Å². The zero-order valence-electron chi connectivity index (χ0n) is 24.2. The van der Waals surface area contributed by atoms with E-state index in [-0.39, 0.29) is 35.7 Å². The van der Waals surface area contributed by atoms with Crippen molar-refractivity contribution in [3.63, 3.8) is 0 Å². The van der Waals surface area contributed by atoms with Gasteiger partial charge in [0.05, 0.1) is 17.1 Å². The summed E-state index contributed by atoms with van der Waals surface area (Å²) in [5.74, 6) is -1.14. The van der Waals surface area contributed by atoms with Crippen molar-refractivity contribution >= 4 is 44.3 Å². The van der Waals surface area contributed by atoms with E-state index in [2.05, 4.69) is 29.4 Å². The molecule has 10 nitrogen and oxygen atoms in total. The van der Waals surface area contributed by atoms with Gasteiger partial charge in [0.1, 0.15) is 5.00 Å². The van der Waals surface area contributed by atoms with E-state index in [4.69, 9.17) is 4.74 Å². The molecule has 4 rings (SSSR count). The van der Waals surface area contributed by atoms with Gasteiger partial charge in [-0.25, -0.2) is 13.2 Å². The van der Waals surface area contributed by atoms with Crippen LogP contribution < -0.4 is 10.6 Å². The molecule has 1 aliphatic heterocycles. The average Bonchev–Trinajstić information content (AvgIpc) is 3.33. The molecule has 12 heteroatoms. The molecule has 224 valence electrons. The van der Waals surface area contributed by atoms with Crippen LogP contribution in [0.4, 0.5) is 9.80 Å². The minimum absolute atomic E-state index is 0.0756. The normalized spacial score (nSPS) is 13.6. The van der Waals surface area contributed by atoms with Crippen molar-refractivity contribution < 1.29 is 27.5 Å². The number of hydrogen-bond donors (Lipinski definition) is 2. The van der Waals surface area contributed by atoms with E-state index >= 15 is 0 Å². The van der Waals surface area contributed by atoms with Crippen LogP contribution in [0, 0.1) is 0 Å². The molecule has 0 spiro atoms. The van der Waals surface area contributed by atoms with Crippen LogP contribution in [0.25, 0.3) is 0 Å². The summed E-state index contributed by atoms with van der Waals surface area (Å²) in [6, 6.07) is 15.4. The molecule has 2 N–H and O–H groups in total. The van der Waals surface area contributed by atoms with E-state index in [0.29, 0.717) is 24.0 Å². The lowest BCUT2D eigenvalue weighted by atomic mass is 10.0. The Morgan fingerprint density at radius 2 is 1.71 bits per heavy atom. The fraction of sp³-hybridized carbons (Fsp3) is 0.367. The average molecular weight is 613 g/mol. The molecule has 0 bridgehead atoms. The van der Waals surface area contributed by atoms with E-state index in [0.717, 1.165) is 22.5 Å². The molecule has 0 aliphatic carbocycles. The van der Waals surface area contributed by atoms with Gasteiger partial charge in [-0.15, -0.1) is 11.3 Å². The number of alkyl carbamates (subject to hydrolysis) is 1. The fourth-order valence-corrected chi connectivity index (χ4v) is 7.47. The predicted octanol–water partition coefficient (Wildman–Crippen LogP) is 4.86. The first-order chi connectivity index (χ1) is 20.0. The molecule has 0 atom stereocenters. The van der Waals surface area contributed by atoms with E-state index in [1.54, 1.807) is 13.8 Å². The molecule has 0 fully saturated rings. The van der Waals surface area contributed by atoms with Gasteiger partial charge in [0.15, 0.2) is 0 Å². The third kappa shape index (κ3) is 7.06. The first-order valence-corrected chi connectivity index (χ1v) is 16.1. The predicted molar refractivity (Wildman–Crippen MR) is 162 cm³/mol. The third-order valence-corrected chi connectivity index (χ3v) is 10.1. The van der Waals surface area contributed by atoms with Crippen molar-refractivity contribution in [2.75, 3.05) is 25.0 Å². The number of benzene rings is 2. The largest absolute Gasteiger partial charge is 0.450 e. The number of carbonyl (C=O) groups is 3. The number of sulfonamides is 1. The van der Waals surface area contributed by atoms with E-state index < -0.39 is 27.9 Å². The van der Waals surface area contributed by atoms with Gasteiger partial charge in [0, 0.05) is 42.7 Å². The van der Waals surface area contributed by atoms with Crippen LogP contribution in [-0.2, 0) is 34.3 Å². The summed E-state index contributed by atoms with van der Waals surface area (Å²) in [6.45, 7) is 9.61. The number of rotatable bonds is 10. The number of thiophene rings is 1. The van der Waals surface area contributed by atoms with Gasteiger partial charge < -0.3 is 10.1 Å². The molecule has 42 heavy (non-hydrogen) atoms. The molecule has 0 saturated carbocycles. The molecule has 2 aromatic carbocycles. The number of anilines is 1. The first-order valence-electron chi connectivity index (χ1n) is 13.9. The Morgan fingerprint density at radius 1 is 1.02 bits per heavy atom. The molecule has 3 aromatic rings. The lowest BCUT2D eigenvalue weighted by Gasteiger charge is -2.30. The maximum atomic E-state index is 13.3. The number of ether oxygens (including phenoxy) is 1. The zero-order chi connectivity index (χ0) is 30.4. The van der Waals surface area contributed by atoms with Gasteiger partial charge in [-0.3, -0.25) is 19.8 Å². The fourth-order valence-electron chi connectivity index (χ4n) is 4.77. The van der Waals surface area contributed by atoms with Gasteiger partial charge in [0.25, 0.3) is 11.8 Å². The Labute approximate surface area is 250 Å². The Bertz CT molecular complexity index is 1540. The summed E-state index contributed by atoms with van der Waals surface area (Å²) in [7, 11) is -3.80. The second-order valence-corrected chi connectivity index (χ2v) is 13.1. The molecule has 2 heterocycles. The lowest BCUT2D eigenvalue weighted by molar-refractivity contribution is 0.0924. The van der Waals surface area contributed by atoms with Gasteiger partial charge in [0.2, 0.25) is 10.0 Å². The minimum Gasteiger partial charge on any atom is -0.450 e. The van der Waals surface area contributed by atoms with Crippen LogP contribution in [0.2, 0.25) is 0 Å². The summed E-state index contributed by atoms with van der Waals surface area (Å²) < 4.78 is 32.9. The Balaban J connectivity index is 1.56. The van der Waals surface area contributed by atoms with Gasteiger partial charge >= 0.3 is 6.09 Å². The molecular weight excluding hydrogens is 576 g/mol. The standard InChI is InChI=1S/C30H36N4O6S2/c1-5-34(18-21-10-8-7-9-11-21)42(38,39)23-14-12-22(13-15-23)27(35)31-29-26(28(36)32-30(37)40-6-2)24-16-17-33(20(3)4)19-25(24)41-29/h7-15,20H,5-6,16-19H2,1-4H3,(H,31,35)(H,32,36,37). The summed E-state index contributed by atoms with van der Waals surface area (Å²) in [5.41, 5.74) is 2.15. The SMILES string of the molecule is CCOC(=O)NC(=O)c1c(NC(=O)c2ccc(S(=O)(=O)N(CC)Cc3ccccc3)cc2)sc2c1CCN(C(C)C)C2. The number of nitrogens with one attached hydrogen (secondary N) is 2. The van der Waals surface area contributed by atoms with Crippen LogP contribution in [0.3, 0.4) is 0 Å². The first kappa shape index (κ1) is 31.4. The number of nitrogens with zero attached hydrogens (tertiary/aromatic N) is 2. The molecule has 1 aromatic heterocycles. The Morgan fingerprint density at radius 3 is 2.33 bits per heavy atom. The van der Waals surface area contributed by atoms with E-state index in [9.17, 15) is 22.8 Å². The molecule has 1 aliphatic rings. The molecule has 0 unspecified atom stereocenters. The lowest BCUT2D eigenvalue weighted by Crippen LogP contribution is -2.36. The second kappa shape index (κ2) is 13.6. The van der Waals surface area contributed by atoms with Gasteiger partial charge in [-0.05, 0) is 62.6 Å². The van der Waals surface area contributed by atoms with Crippen LogP contribution in [0.1, 0.15) is 64.4 Å². The number of hydrogen-bond acceptors (Lipinski definition) is 8. The molecule has 3 amide bonds. The third-order valence-electron chi connectivity index (χ3n) is 7.07. The van der Waals surface area contributed by atoms with Crippen molar-refractivity contribution in [2.24, 2.45) is 0 Å². The van der Waals surface area contributed by atoms with Crippen LogP contribution >= 0.6 is 11.3 Å². The summed E-state index contributed by atoms with van der Waals surface area (Å²) in [4.78, 5) is 41.7. The highest BCUT2D eigenvalue weighted by molar-refractivity contribution is 7.89. The van der Waals surface area contributed by atoms with Crippen molar-refractivity contribution in [2.45, 2.75) is 58.1 Å². The van der Waals surface area contributed by atoms with E-state index in [1.165, 1.54) is 39.9 Å². The maximum Gasteiger partial charge on any atom is 0.414 e. The highest BCUT2D eigenvalue weighted by Gasteiger charge is 2.31. The summed E-state index contributed by atoms with van der Waals surface area (Å²) >= 11 is 1.30. The number of imide groups is 1. The van der Waals surface area contributed by atoms with Crippen molar-refractivity contribution in [3.8, 4) is 0 Å². The molecule has 0 radical (unpaired) electrons. The van der Waals surface area contributed by atoms with Crippen LogP contribution in [0.5, 0.6) is 0 Å². The number of fused-ring (bicyclic) bond motifs is 1. The number of carbonyl (C=O) groups excluding carboxylic acids is 3. The van der Waals surface area contributed by atoms with Crippen molar-refractivity contribution in [1.29, 1.82) is 0 Å². The minimum atomic E-state index is -3.80. The Hall–Kier alpha value is -3.58. The van der Waals surface area contributed by atoms with Crippen molar-refractivity contribution in [3.05, 3.63) is 81.7 Å². The summed E-state index contributed by atoms with van der Waals surface area (Å²) in [5, 5.41) is 5.40. The monoisotopic (exact) mass is 612 g/mol. The highest BCUT2D eigenvalue weighted by Crippen LogP contribution is 2.38. The Kier molecular flexibility index (Phi) is 10.2. The smallest absolute Gasteiger partial charge is 0.414 e. The van der Waals surface area contributed by atoms with E-state index in [1.807, 2.05) is 30.3 Å². The topological polar surface area (TPSA) is 125 Å². The maximum absolute atomic E-state index is 13.3. The number of amides is 3. The van der Waals surface area contributed by atoms with Crippen LogP contribution in [0.15, 0.2) is 59.5 Å². The second-order valence-electron chi connectivity index (χ2n) is 10.1. The quantitative estimate of drug-likeness (QED) is 0.335.